The smallest absolute Gasteiger partial charge is 0.236 e. The van der Waals surface area contributed by atoms with Gasteiger partial charge in [-0.2, -0.15) is 0 Å². The maximum absolute atomic E-state index is 12.6. The van der Waals surface area contributed by atoms with Gasteiger partial charge in [0.25, 0.3) is 0 Å². The van der Waals surface area contributed by atoms with Gasteiger partial charge in [-0.25, -0.2) is 0 Å². The molecule has 0 spiro atoms. The van der Waals surface area contributed by atoms with Crippen molar-refractivity contribution >= 4 is 11.8 Å². The Bertz CT molecular complexity index is 637. The van der Waals surface area contributed by atoms with Crippen LogP contribution in [-0.4, -0.2) is 41.2 Å². The Labute approximate surface area is 146 Å². The summed E-state index contributed by atoms with van der Waals surface area (Å²) < 4.78 is 10.8. The van der Waals surface area contributed by atoms with E-state index in [0.717, 1.165) is 11.5 Å². The third-order valence-corrected chi connectivity index (χ3v) is 4.53. The maximum Gasteiger partial charge on any atom is 0.236 e. The second-order valence-electron chi connectivity index (χ2n) is 6.36. The molecule has 3 rings (SSSR count). The minimum atomic E-state index is -0.274. The summed E-state index contributed by atoms with van der Waals surface area (Å²) in [7, 11) is 0. The number of carbonyl (C=O) groups excluding carboxylic acids is 2. The second kappa shape index (κ2) is 8.02. The SMILES string of the molecule is NC(=O)C1CCN(C(=O)CN(Cc2ccco2)Cc2ccco2)CC1. The molecule has 2 amide bonds. The van der Waals surface area contributed by atoms with Gasteiger partial charge in [-0.15, -0.1) is 0 Å². The van der Waals surface area contributed by atoms with Crippen LogP contribution in [0.25, 0.3) is 0 Å². The lowest BCUT2D eigenvalue weighted by atomic mass is 9.96. The van der Waals surface area contributed by atoms with Crippen molar-refractivity contribution in [2.45, 2.75) is 25.9 Å². The van der Waals surface area contributed by atoms with Crippen molar-refractivity contribution in [3.05, 3.63) is 48.3 Å². The maximum atomic E-state index is 12.6. The third kappa shape index (κ3) is 4.73. The first-order valence-electron chi connectivity index (χ1n) is 8.46. The van der Waals surface area contributed by atoms with Gasteiger partial charge in [0.15, 0.2) is 0 Å². The molecule has 7 nitrogen and oxygen atoms in total. The van der Waals surface area contributed by atoms with Crippen molar-refractivity contribution in [3.8, 4) is 0 Å². The van der Waals surface area contributed by atoms with Gasteiger partial charge in [-0.3, -0.25) is 14.5 Å². The summed E-state index contributed by atoms with van der Waals surface area (Å²) in [6.07, 6.45) is 4.52. The van der Waals surface area contributed by atoms with Crippen LogP contribution < -0.4 is 5.73 Å². The third-order valence-electron chi connectivity index (χ3n) is 4.53. The molecule has 1 aliphatic rings. The predicted octanol–water partition coefficient (Wildman–Crippen LogP) is 1.60. The zero-order valence-corrected chi connectivity index (χ0v) is 14.1. The number of nitrogens with two attached hydrogens (primary N) is 1. The fraction of sp³-hybridized carbons (Fsp3) is 0.444. The quantitative estimate of drug-likeness (QED) is 0.823. The molecule has 0 atom stereocenters. The molecule has 0 bridgehead atoms. The van der Waals surface area contributed by atoms with E-state index < -0.39 is 0 Å². The average Bonchev–Trinajstić information content (AvgIpc) is 3.29. The Morgan fingerprint density at radius 3 is 2.08 bits per heavy atom. The summed E-state index contributed by atoms with van der Waals surface area (Å²) in [6, 6.07) is 7.43. The molecule has 1 aliphatic heterocycles. The highest BCUT2D eigenvalue weighted by Gasteiger charge is 2.27. The van der Waals surface area contributed by atoms with Gasteiger partial charge in [-0.05, 0) is 37.1 Å². The number of carbonyl (C=O) groups is 2. The molecule has 0 aliphatic carbocycles. The van der Waals surface area contributed by atoms with E-state index in [1.807, 2.05) is 29.2 Å². The Hall–Kier alpha value is -2.54. The highest BCUT2D eigenvalue weighted by atomic mass is 16.3. The fourth-order valence-electron chi connectivity index (χ4n) is 3.12. The van der Waals surface area contributed by atoms with Crippen molar-refractivity contribution < 1.29 is 18.4 Å². The molecule has 2 aromatic heterocycles. The van der Waals surface area contributed by atoms with Crippen molar-refractivity contribution in [3.63, 3.8) is 0 Å². The summed E-state index contributed by atoms with van der Waals surface area (Å²) >= 11 is 0. The summed E-state index contributed by atoms with van der Waals surface area (Å²) in [4.78, 5) is 27.7. The molecule has 1 saturated heterocycles. The van der Waals surface area contributed by atoms with Crippen LogP contribution >= 0.6 is 0 Å². The lowest BCUT2D eigenvalue weighted by Gasteiger charge is -2.32. The monoisotopic (exact) mass is 345 g/mol. The molecule has 1 fully saturated rings. The number of rotatable bonds is 7. The number of hydrogen-bond donors (Lipinski definition) is 1. The van der Waals surface area contributed by atoms with Gasteiger partial charge in [0, 0.05) is 19.0 Å². The van der Waals surface area contributed by atoms with E-state index in [2.05, 4.69) is 0 Å². The number of likely N-dealkylation sites (tertiary alicyclic amines) is 1. The lowest BCUT2D eigenvalue weighted by molar-refractivity contribution is -0.136. The number of hydrogen-bond acceptors (Lipinski definition) is 5. The number of piperidine rings is 1. The molecule has 2 aromatic rings. The van der Waals surface area contributed by atoms with E-state index in [4.69, 9.17) is 14.6 Å². The van der Waals surface area contributed by atoms with Gasteiger partial charge in [0.2, 0.25) is 11.8 Å². The summed E-state index contributed by atoms with van der Waals surface area (Å²) in [5.74, 6) is 1.25. The van der Waals surface area contributed by atoms with E-state index >= 15 is 0 Å². The molecule has 2 N–H and O–H groups in total. The van der Waals surface area contributed by atoms with Gasteiger partial charge in [0.1, 0.15) is 11.5 Å². The van der Waals surface area contributed by atoms with Crippen LogP contribution in [0.1, 0.15) is 24.4 Å². The van der Waals surface area contributed by atoms with Crippen LogP contribution in [0.3, 0.4) is 0 Å². The molecular weight excluding hydrogens is 322 g/mol. The highest BCUT2D eigenvalue weighted by molar-refractivity contribution is 5.80. The van der Waals surface area contributed by atoms with Crippen LogP contribution in [0, 0.1) is 5.92 Å². The van der Waals surface area contributed by atoms with E-state index in [9.17, 15) is 9.59 Å². The molecule has 134 valence electrons. The van der Waals surface area contributed by atoms with E-state index in [1.165, 1.54) is 0 Å². The summed E-state index contributed by atoms with van der Waals surface area (Å²) in [6.45, 7) is 2.46. The fourth-order valence-corrected chi connectivity index (χ4v) is 3.12. The molecule has 0 unspecified atom stereocenters. The van der Waals surface area contributed by atoms with Crippen LogP contribution in [0.4, 0.5) is 0 Å². The van der Waals surface area contributed by atoms with Crippen molar-refractivity contribution in [2.75, 3.05) is 19.6 Å². The van der Waals surface area contributed by atoms with Crippen LogP contribution in [0.5, 0.6) is 0 Å². The second-order valence-corrected chi connectivity index (χ2v) is 6.36. The Morgan fingerprint density at radius 2 is 1.64 bits per heavy atom. The number of furan rings is 2. The normalized spacial score (nSPS) is 15.6. The van der Waals surface area contributed by atoms with Gasteiger partial charge < -0.3 is 19.5 Å². The standard InChI is InChI=1S/C18H23N3O4/c19-18(23)14-5-7-21(8-6-14)17(22)13-20(11-15-3-1-9-24-15)12-16-4-2-10-25-16/h1-4,9-10,14H,5-8,11-13H2,(H2,19,23). The van der Waals surface area contributed by atoms with Gasteiger partial charge in [-0.1, -0.05) is 0 Å². The molecule has 7 heteroatoms. The van der Waals surface area contributed by atoms with E-state index in [0.29, 0.717) is 39.0 Å². The summed E-state index contributed by atoms with van der Waals surface area (Å²) in [5, 5.41) is 0. The highest BCUT2D eigenvalue weighted by Crippen LogP contribution is 2.18. The van der Waals surface area contributed by atoms with Gasteiger partial charge in [0.05, 0.1) is 32.2 Å². The Morgan fingerprint density at radius 1 is 1.08 bits per heavy atom. The first-order valence-corrected chi connectivity index (χ1v) is 8.46. The molecule has 0 aromatic carbocycles. The topological polar surface area (TPSA) is 92.9 Å². The molecule has 3 heterocycles. The van der Waals surface area contributed by atoms with Crippen LogP contribution in [0.15, 0.2) is 45.6 Å². The van der Waals surface area contributed by atoms with Crippen molar-refractivity contribution in [2.24, 2.45) is 11.7 Å². The van der Waals surface area contributed by atoms with Crippen molar-refractivity contribution in [1.29, 1.82) is 0 Å². The van der Waals surface area contributed by atoms with Crippen molar-refractivity contribution in [1.82, 2.24) is 9.80 Å². The average molecular weight is 345 g/mol. The minimum absolute atomic E-state index is 0.0426. The lowest BCUT2D eigenvalue weighted by Crippen LogP contribution is -2.45. The summed E-state index contributed by atoms with van der Waals surface area (Å²) in [5.41, 5.74) is 5.35. The molecular formula is C18H23N3O4. The van der Waals surface area contributed by atoms with Crippen LogP contribution in [0.2, 0.25) is 0 Å². The molecule has 25 heavy (non-hydrogen) atoms. The van der Waals surface area contributed by atoms with E-state index in [-0.39, 0.29) is 24.3 Å². The Balaban J connectivity index is 1.59. The Kier molecular flexibility index (Phi) is 5.55. The van der Waals surface area contributed by atoms with E-state index in [1.54, 1.807) is 17.4 Å². The minimum Gasteiger partial charge on any atom is -0.468 e. The first kappa shape index (κ1) is 17.3. The molecule has 0 saturated carbocycles. The molecule has 0 radical (unpaired) electrons. The number of nitrogens with zero attached hydrogens (tertiary/aromatic N) is 2. The zero-order chi connectivity index (χ0) is 17.6. The predicted molar refractivity (Wildman–Crippen MR) is 90.0 cm³/mol. The number of primary amides is 1. The first-order chi connectivity index (χ1) is 12.1. The number of amides is 2. The largest absolute Gasteiger partial charge is 0.468 e. The zero-order valence-electron chi connectivity index (χ0n) is 14.1. The van der Waals surface area contributed by atoms with Gasteiger partial charge >= 0.3 is 0 Å². The van der Waals surface area contributed by atoms with Crippen LogP contribution in [-0.2, 0) is 22.7 Å².